The number of aryl methyl sites for hydroxylation is 1. The molecule has 4 aromatic rings. The van der Waals surface area contributed by atoms with Gasteiger partial charge in [-0.25, -0.2) is 9.78 Å². The number of carbonyl (C=O) groups is 2. The molecule has 0 aliphatic heterocycles. The number of carboxylic acids is 1. The molecule has 1 aromatic heterocycles. The van der Waals surface area contributed by atoms with E-state index in [-0.39, 0.29) is 5.91 Å². The van der Waals surface area contributed by atoms with Crippen LogP contribution in [0.25, 0.3) is 11.0 Å². The highest BCUT2D eigenvalue weighted by molar-refractivity contribution is 5.91. The zero-order chi connectivity index (χ0) is 24.1. The van der Waals surface area contributed by atoms with Gasteiger partial charge in [-0.1, -0.05) is 67.9 Å². The lowest BCUT2D eigenvalue weighted by Gasteiger charge is -2.23. The van der Waals surface area contributed by atoms with Crippen LogP contribution in [-0.4, -0.2) is 26.5 Å². The summed E-state index contributed by atoms with van der Waals surface area (Å²) in [5, 5.41) is 10.3. The van der Waals surface area contributed by atoms with Crippen molar-refractivity contribution < 1.29 is 14.7 Å². The summed E-state index contributed by atoms with van der Waals surface area (Å²) in [6.45, 7) is 4.09. The van der Waals surface area contributed by atoms with E-state index < -0.39 is 12.0 Å². The first-order chi connectivity index (χ1) is 16.5. The van der Waals surface area contributed by atoms with Gasteiger partial charge < -0.3 is 14.6 Å². The average Bonchev–Trinajstić information content (AvgIpc) is 3.20. The van der Waals surface area contributed by atoms with E-state index in [0.29, 0.717) is 18.5 Å². The number of hydrogen-bond acceptors (Lipinski definition) is 3. The summed E-state index contributed by atoms with van der Waals surface area (Å²) in [5.41, 5.74) is 3.99. The van der Waals surface area contributed by atoms with Gasteiger partial charge in [-0.05, 0) is 41.8 Å². The van der Waals surface area contributed by atoms with Crippen LogP contribution in [0, 0.1) is 0 Å². The van der Waals surface area contributed by atoms with Crippen molar-refractivity contribution in [2.24, 2.45) is 0 Å². The molecule has 0 spiro atoms. The van der Waals surface area contributed by atoms with Crippen molar-refractivity contribution in [3.63, 3.8) is 0 Å². The molecule has 6 nitrogen and oxygen atoms in total. The minimum atomic E-state index is -0.943. The number of carboxylic acid groups (broad SMARTS) is 1. The van der Waals surface area contributed by atoms with Crippen molar-refractivity contribution >= 4 is 28.6 Å². The highest BCUT2D eigenvalue weighted by Crippen LogP contribution is 2.29. The lowest BCUT2D eigenvalue weighted by Crippen LogP contribution is -2.28. The molecule has 1 amide bonds. The predicted molar refractivity (Wildman–Crippen MR) is 134 cm³/mol. The third-order valence-corrected chi connectivity index (χ3v) is 6.00. The fraction of sp³-hybridized carbons (Fsp3) is 0.250. The van der Waals surface area contributed by atoms with Gasteiger partial charge in [0.15, 0.2) is 6.04 Å². The standard InChI is InChI=1S/C28H29N3O3/c1-3-4-14-26-29-24-12-8-9-13-25(24)31(26)27(28(33)34)22-15-17-23(18-16-22)30(20(2)32)19-21-10-6-5-7-11-21/h5-13,15-18,27H,3-4,14,19H2,1-2H3,(H,33,34). The molecular formula is C28H29N3O3. The largest absolute Gasteiger partial charge is 0.479 e. The van der Waals surface area contributed by atoms with Crippen molar-refractivity contribution in [1.82, 2.24) is 9.55 Å². The van der Waals surface area contributed by atoms with Crippen LogP contribution in [0.15, 0.2) is 78.9 Å². The fourth-order valence-electron chi connectivity index (χ4n) is 4.28. The van der Waals surface area contributed by atoms with E-state index in [0.717, 1.165) is 41.0 Å². The predicted octanol–water partition coefficient (Wildman–Crippen LogP) is 5.61. The molecule has 1 heterocycles. The van der Waals surface area contributed by atoms with E-state index >= 15 is 0 Å². The van der Waals surface area contributed by atoms with Gasteiger partial charge >= 0.3 is 5.97 Å². The molecule has 0 radical (unpaired) electrons. The van der Waals surface area contributed by atoms with Gasteiger partial charge in [-0.2, -0.15) is 0 Å². The summed E-state index contributed by atoms with van der Waals surface area (Å²) in [4.78, 5) is 31.3. The summed E-state index contributed by atoms with van der Waals surface area (Å²) < 4.78 is 1.84. The van der Waals surface area contributed by atoms with E-state index in [1.807, 2.05) is 71.3 Å². The van der Waals surface area contributed by atoms with Gasteiger partial charge in [0.25, 0.3) is 0 Å². The Morgan fingerprint density at radius 1 is 0.971 bits per heavy atom. The first-order valence-corrected chi connectivity index (χ1v) is 11.6. The molecule has 3 aromatic carbocycles. The second kappa shape index (κ2) is 10.3. The van der Waals surface area contributed by atoms with E-state index in [1.54, 1.807) is 17.0 Å². The number of carbonyl (C=O) groups excluding carboxylic acids is 1. The first-order valence-electron chi connectivity index (χ1n) is 11.6. The van der Waals surface area contributed by atoms with Crippen LogP contribution >= 0.6 is 0 Å². The number of unbranched alkanes of at least 4 members (excludes halogenated alkanes) is 1. The lowest BCUT2D eigenvalue weighted by molar-refractivity contribution is -0.139. The van der Waals surface area contributed by atoms with Gasteiger partial charge in [0, 0.05) is 19.0 Å². The number of hydrogen-bond donors (Lipinski definition) is 1. The van der Waals surface area contributed by atoms with Crippen molar-refractivity contribution in [2.75, 3.05) is 4.90 Å². The van der Waals surface area contributed by atoms with Crippen LogP contribution in [0.3, 0.4) is 0 Å². The molecule has 0 aliphatic rings. The maximum absolute atomic E-state index is 12.5. The van der Waals surface area contributed by atoms with Crippen molar-refractivity contribution in [3.05, 3.63) is 95.8 Å². The number of aliphatic carboxylic acids is 1. The highest BCUT2D eigenvalue weighted by atomic mass is 16.4. The number of aromatic nitrogens is 2. The van der Waals surface area contributed by atoms with Crippen LogP contribution < -0.4 is 4.90 Å². The zero-order valence-corrected chi connectivity index (χ0v) is 19.5. The van der Waals surface area contributed by atoms with Gasteiger partial charge in [-0.15, -0.1) is 0 Å². The average molecular weight is 456 g/mol. The Hall–Kier alpha value is -3.93. The molecule has 0 saturated heterocycles. The molecule has 0 fully saturated rings. The molecule has 0 aliphatic carbocycles. The van der Waals surface area contributed by atoms with Gasteiger partial charge in [0.1, 0.15) is 5.82 Å². The van der Waals surface area contributed by atoms with Gasteiger partial charge in [0.05, 0.1) is 17.6 Å². The van der Waals surface area contributed by atoms with E-state index in [2.05, 4.69) is 6.92 Å². The second-order valence-corrected chi connectivity index (χ2v) is 8.41. The van der Waals surface area contributed by atoms with Crippen LogP contribution in [-0.2, 0) is 22.6 Å². The molecule has 1 unspecified atom stereocenters. The molecule has 34 heavy (non-hydrogen) atoms. The molecule has 0 saturated carbocycles. The van der Waals surface area contributed by atoms with Crippen molar-refractivity contribution in [1.29, 1.82) is 0 Å². The number of fused-ring (bicyclic) bond motifs is 1. The Morgan fingerprint density at radius 2 is 1.65 bits per heavy atom. The van der Waals surface area contributed by atoms with E-state index in [1.165, 1.54) is 6.92 Å². The topological polar surface area (TPSA) is 75.4 Å². The normalized spacial score (nSPS) is 11.9. The van der Waals surface area contributed by atoms with Crippen molar-refractivity contribution in [2.45, 2.75) is 45.7 Å². The van der Waals surface area contributed by atoms with Gasteiger partial charge in [0.2, 0.25) is 5.91 Å². The molecule has 1 atom stereocenters. The number of amides is 1. The van der Waals surface area contributed by atoms with Gasteiger partial charge in [-0.3, -0.25) is 4.79 Å². The quantitative estimate of drug-likeness (QED) is 0.356. The Bertz CT molecular complexity index is 1280. The molecule has 4 rings (SSSR count). The summed E-state index contributed by atoms with van der Waals surface area (Å²) in [6.07, 6.45) is 2.64. The number of benzene rings is 3. The molecular weight excluding hydrogens is 426 g/mol. The molecule has 0 bridgehead atoms. The summed E-state index contributed by atoms with van der Waals surface area (Å²) in [6, 6.07) is 23.8. The third-order valence-electron chi connectivity index (χ3n) is 6.00. The number of anilines is 1. The highest BCUT2D eigenvalue weighted by Gasteiger charge is 2.27. The van der Waals surface area contributed by atoms with Crippen LogP contribution in [0.2, 0.25) is 0 Å². The molecule has 1 N–H and O–H groups in total. The van der Waals surface area contributed by atoms with Crippen LogP contribution in [0.1, 0.15) is 49.7 Å². The minimum absolute atomic E-state index is 0.0751. The number of rotatable bonds is 9. The smallest absolute Gasteiger partial charge is 0.331 e. The number of para-hydroxylation sites is 2. The first kappa shape index (κ1) is 23.2. The summed E-state index contributed by atoms with van der Waals surface area (Å²) >= 11 is 0. The van der Waals surface area contributed by atoms with Crippen LogP contribution in [0.5, 0.6) is 0 Å². The monoisotopic (exact) mass is 455 g/mol. The second-order valence-electron chi connectivity index (χ2n) is 8.41. The molecule has 174 valence electrons. The maximum Gasteiger partial charge on any atom is 0.331 e. The SMILES string of the molecule is CCCCc1nc2ccccc2n1C(C(=O)O)c1ccc(N(Cc2ccccc2)C(C)=O)cc1. The Labute approximate surface area is 199 Å². The van der Waals surface area contributed by atoms with E-state index in [4.69, 9.17) is 4.98 Å². The Balaban J connectivity index is 1.71. The lowest BCUT2D eigenvalue weighted by atomic mass is 10.0. The summed E-state index contributed by atoms with van der Waals surface area (Å²) in [7, 11) is 0. The summed E-state index contributed by atoms with van der Waals surface area (Å²) in [5.74, 6) is -0.246. The maximum atomic E-state index is 12.5. The fourth-order valence-corrected chi connectivity index (χ4v) is 4.28. The zero-order valence-electron chi connectivity index (χ0n) is 19.5. The molecule has 6 heteroatoms. The number of imidazole rings is 1. The minimum Gasteiger partial charge on any atom is -0.479 e. The number of nitrogens with zero attached hydrogens (tertiary/aromatic N) is 3. The van der Waals surface area contributed by atoms with Crippen molar-refractivity contribution in [3.8, 4) is 0 Å². The van der Waals surface area contributed by atoms with E-state index in [9.17, 15) is 14.7 Å². The Morgan fingerprint density at radius 3 is 2.29 bits per heavy atom. The van der Waals surface area contributed by atoms with Crippen LogP contribution in [0.4, 0.5) is 5.69 Å². The third kappa shape index (κ3) is 4.86. The Kier molecular flexibility index (Phi) is 7.07.